The number of ether oxygens (including phenoxy) is 3. The van der Waals surface area contributed by atoms with Crippen LogP contribution in [0.25, 0.3) is 0 Å². The van der Waals surface area contributed by atoms with Crippen molar-refractivity contribution in [2.45, 2.75) is 77.2 Å². The fourth-order valence-corrected chi connectivity index (χ4v) is 9.36. The zero-order valence-electron chi connectivity index (χ0n) is 22.5. The van der Waals surface area contributed by atoms with Crippen LogP contribution >= 0.6 is 0 Å². The molecule has 1 amide bonds. The number of carbonyl (C=O) groups excluding carboxylic acids is 1. The van der Waals surface area contributed by atoms with E-state index in [9.17, 15) is 14.7 Å². The molecular formula is C29H41NO6. The lowest BCUT2D eigenvalue weighted by Crippen LogP contribution is -2.64. The van der Waals surface area contributed by atoms with E-state index in [4.69, 9.17) is 14.2 Å². The molecule has 3 saturated carbocycles. The minimum absolute atomic E-state index is 0.0768. The van der Waals surface area contributed by atoms with Crippen molar-refractivity contribution < 1.29 is 28.9 Å². The lowest BCUT2D eigenvalue weighted by Gasteiger charge is -2.63. The van der Waals surface area contributed by atoms with Crippen molar-refractivity contribution in [3.63, 3.8) is 0 Å². The van der Waals surface area contributed by atoms with Crippen LogP contribution in [0.1, 0.15) is 71.3 Å². The summed E-state index contributed by atoms with van der Waals surface area (Å²) in [6.07, 6.45) is 5.82. The second-order valence-electron chi connectivity index (χ2n) is 12.2. The number of carboxylic acids is 1. The normalized spacial score (nSPS) is 41.4. The third-order valence-corrected chi connectivity index (χ3v) is 11.2. The van der Waals surface area contributed by atoms with Gasteiger partial charge in [-0.2, -0.15) is 0 Å². The van der Waals surface area contributed by atoms with Crippen molar-refractivity contribution in [2.24, 2.45) is 34.5 Å². The molecule has 8 atom stereocenters. The van der Waals surface area contributed by atoms with Crippen molar-refractivity contribution in [1.29, 1.82) is 0 Å². The zero-order chi connectivity index (χ0) is 26.0. The third-order valence-electron chi connectivity index (χ3n) is 11.2. The number of aliphatic carboxylic acids is 1. The maximum absolute atomic E-state index is 13.3. The number of benzene rings is 1. The number of hydrogen-bond acceptors (Lipinski definition) is 5. The van der Waals surface area contributed by atoms with Crippen LogP contribution in [0.5, 0.6) is 17.2 Å². The topological polar surface area (TPSA) is 94.1 Å². The van der Waals surface area contributed by atoms with Gasteiger partial charge < -0.3 is 24.6 Å². The average Bonchev–Trinajstić information content (AvgIpc) is 3.18. The first-order chi connectivity index (χ1) is 17.1. The first-order valence-electron chi connectivity index (χ1n) is 13.4. The van der Waals surface area contributed by atoms with Crippen LogP contribution in [0.3, 0.4) is 0 Å². The summed E-state index contributed by atoms with van der Waals surface area (Å²) < 4.78 is 16.8. The molecule has 7 nitrogen and oxygen atoms in total. The molecule has 1 aromatic rings. The summed E-state index contributed by atoms with van der Waals surface area (Å²) in [7, 11) is 4.71. The van der Waals surface area contributed by atoms with E-state index in [-0.39, 0.29) is 17.4 Å². The van der Waals surface area contributed by atoms with Gasteiger partial charge in [-0.3, -0.25) is 9.59 Å². The van der Waals surface area contributed by atoms with Crippen molar-refractivity contribution >= 4 is 11.9 Å². The summed E-state index contributed by atoms with van der Waals surface area (Å²) in [5.74, 6) is 2.55. The van der Waals surface area contributed by atoms with E-state index >= 15 is 0 Å². The number of amides is 1. The maximum atomic E-state index is 13.3. The highest BCUT2D eigenvalue weighted by Gasteiger charge is 2.69. The van der Waals surface area contributed by atoms with E-state index in [1.807, 2.05) is 12.1 Å². The molecule has 0 aromatic heterocycles. The second-order valence-corrected chi connectivity index (χ2v) is 12.2. The molecule has 3 aliphatic carbocycles. The molecule has 198 valence electrons. The molecule has 1 aliphatic heterocycles. The Morgan fingerprint density at radius 2 is 1.64 bits per heavy atom. The van der Waals surface area contributed by atoms with E-state index in [1.165, 1.54) is 0 Å². The van der Waals surface area contributed by atoms with Gasteiger partial charge in [-0.25, -0.2) is 0 Å². The van der Waals surface area contributed by atoms with Gasteiger partial charge in [0, 0.05) is 12.5 Å². The van der Waals surface area contributed by atoms with Crippen molar-refractivity contribution in [3.8, 4) is 17.2 Å². The Morgan fingerprint density at radius 3 is 2.22 bits per heavy atom. The van der Waals surface area contributed by atoms with Gasteiger partial charge in [-0.1, -0.05) is 20.8 Å². The molecule has 0 bridgehead atoms. The predicted octanol–water partition coefficient (Wildman–Crippen LogP) is 4.80. The Morgan fingerprint density at radius 1 is 1.00 bits per heavy atom. The Hall–Kier alpha value is -2.44. The fourth-order valence-electron chi connectivity index (χ4n) is 9.36. The molecule has 1 saturated heterocycles. The van der Waals surface area contributed by atoms with Gasteiger partial charge in [0.15, 0.2) is 11.5 Å². The maximum Gasteiger partial charge on any atom is 0.314 e. The fraction of sp³-hybridized carbons (Fsp3) is 0.724. The molecule has 4 aliphatic rings. The molecule has 1 heterocycles. The smallest absolute Gasteiger partial charge is 0.314 e. The monoisotopic (exact) mass is 499 g/mol. The highest BCUT2D eigenvalue weighted by atomic mass is 16.5. The highest BCUT2D eigenvalue weighted by Crippen LogP contribution is 2.70. The summed E-state index contributed by atoms with van der Waals surface area (Å²) in [6, 6.07) is 3.93. The summed E-state index contributed by atoms with van der Waals surface area (Å²) in [5.41, 5.74) is -0.619. The Balaban J connectivity index is 1.60. The van der Waals surface area contributed by atoms with E-state index in [0.717, 1.165) is 37.7 Å². The molecule has 3 unspecified atom stereocenters. The van der Waals surface area contributed by atoms with Gasteiger partial charge in [0.1, 0.15) is 0 Å². The van der Waals surface area contributed by atoms with E-state index in [1.54, 1.807) is 21.3 Å². The van der Waals surface area contributed by atoms with Crippen LogP contribution in [-0.2, 0) is 15.0 Å². The van der Waals surface area contributed by atoms with E-state index < -0.39 is 16.8 Å². The number of rotatable bonds is 5. The minimum Gasteiger partial charge on any atom is -0.493 e. The van der Waals surface area contributed by atoms with Crippen LogP contribution in [0.2, 0.25) is 0 Å². The van der Waals surface area contributed by atoms with Crippen molar-refractivity contribution in [3.05, 3.63) is 17.7 Å². The average molecular weight is 500 g/mol. The summed E-state index contributed by atoms with van der Waals surface area (Å²) >= 11 is 0. The van der Waals surface area contributed by atoms with E-state index in [2.05, 4.69) is 26.1 Å². The quantitative estimate of drug-likeness (QED) is 0.604. The van der Waals surface area contributed by atoms with Gasteiger partial charge in [-0.05, 0) is 90.7 Å². The predicted molar refractivity (Wildman–Crippen MR) is 136 cm³/mol. The van der Waals surface area contributed by atoms with Crippen LogP contribution in [0, 0.1) is 34.5 Å². The summed E-state index contributed by atoms with van der Waals surface area (Å²) in [4.78, 5) is 25.6. The van der Waals surface area contributed by atoms with Gasteiger partial charge in [0.05, 0.1) is 26.7 Å². The number of carboxylic acid groups (broad SMARTS) is 1. The molecular weight excluding hydrogens is 458 g/mol. The molecule has 2 N–H and O–H groups in total. The molecule has 5 rings (SSSR count). The van der Waals surface area contributed by atoms with Gasteiger partial charge >= 0.3 is 5.97 Å². The number of methoxy groups -OCH3 is 3. The first-order valence-corrected chi connectivity index (χ1v) is 13.4. The van der Waals surface area contributed by atoms with Crippen LogP contribution in [0.15, 0.2) is 12.1 Å². The SMILES string of the molecule is COc1cc(C2(C(=O)O)CC[C@H]3[C@@H]4C(C)CC5NC(=O)CC[C@]5(C)[C@@H]4CC[C@@]32C)cc(OC)c1OC. The van der Waals surface area contributed by atoms with E-state index in [0.29, 0.717) is 53.8 Å². The summed E-state index contributed by atoms with van der Waals surface area (Å²) in [6.45, 7) is 6.92. The van der Waals surface area contributed by atoms with Crippen LogP contribution in [0.4, 0.5) is 0 Å². The number of piperidine rings is 1. The van der Waals surface area contributed by atoms with Gasteiger partial charge in [-0.15, -0.1) is 0 Å². The van der Waals surface area contributed by atoms with Crippen molar-refractivity contribution in [1.82, 2.24) is 5.32 Å². The minimum atomic E-state index is -1.03. The molecule has 1 aromatic carbocycles. The Kier molecular flexibility index (Phi) is 6.00. The molecule has 0 spiro atoms. The van der Waals surface area contributed by atoms with Gasteiger partial charge in [0.2, 0.25) is 11.7 Å². The molecule has 7 heteroatoms. The molecule has 4 fully saturated rings. The second kappa shape index (κ2) is 8.56. The third kappa shape index (κ3) is 3.16. The number of hydrogen-bond donors (Lipinski definition) is 2. The number of carbonyl (C=O) groups is 2. The van der Waals surface area contributed by atoms with Gasteiger partial charge in [0.25, 0.3) is 0 Å². The molecule has 0 radical (unpaired) electrons. The first kappa shape index (κ1) is 25.2. The number of nitrogens with one attached hydrogen (secondary N) is 1. The highest BCUT2D eigenvalue weighted by molar-refractivity contribution is 5.84. The van der Waals surface area contributed by atoms with Crippen LogP contribution in [-0.4, -0.2) is 44.4 Å². The number of fused-ring (bicyclic) bond motifs is 5. The lowest BCUT2D eigenvalue weighted by molar-refractivity contribution is -0.161. The van der Waals surface area contributed by atoms with Crippen LogP contribution < -0.4 is 19.5 Å². The summed E-state index contributed by atoms with van der Waals surface area (Å²) in [5, 5.41) is 14.3. The van der Waals surface area contributed by atoms with Crippen molar-refractivity contribution in [2.75, 3.05) is 21.3 Å². The standard InChI is InChI=1S/C29H41NO6/c1-16-13-22-27(2,10-9-23(31)30-22)18-7-11-28(3)19(24(16)18)8-12-29(28,26(32)33)17-14-20(34-4)25(36-6)21(15-17)35-5/h14-16,18-19,22,24H,7-13H2,1-6H3,(H,30,31)(H,32,33)/t16?,18-,19+,22?,24-,27-,28+,29?/m1/s1. The molecule has 36 heavy (non-hydrogen) atoms. The zero-order valence-corrected chi connectivity index (χ0v) is 22.5. The largest absolute Gasteiger partial charge is 0.493 e. The Bertz CT molecular complexity index is 1050. The lowest BCUT2D eigenvalue weighted by atomic mass is 9.43. The Labute approximate surface area is 214 Å².